The Labute approximate surface area is 108 Å². The predicted molar refractivity (Wildman–Crippen MR) is 70.7 cm³/mol. The lowest BCUT2D eigenvalue weighted by Crippen LogP contribution is -2.50. The number of hydrogen-bond donors (Lipinski definition) is 3. The van der Waals surface area contributed by atoms with Crippen molar-refractivity contribution in [1.82, 2.24) is 10.2 Å². The number of nitrogens with two attached hydrogens (primary N) is 1. The van der Waals surface area contributed by atoms with Crippen LogP contribution < -0.4 is 11.1 Å². The van der Waals surface area contributed by atoms with E-state index in [1.54, 1.807) is 4.90 Å². The Morgan fingerprint density at radius 3 is 2.56 bits per heavy atom. The summed E-state index contributed by atoms with van der Waals surface area (Å²) in [5, 5.41) is 14.5. The fourth-order valence-electron chi connectivity index (χ4n) is 2.20. The molecule has 0 heterocycles. The second-order valence-corrected chi connectivity index (χ2v) is 5.10. The molecule has 1 rings (SSSR count). The Morgan fingerprint density at radius 2 is 2.06 bits per heavy atom. The molecule has 1 aliphatic carbocycles. The van der Waals surface area contributed by atoms with Gasteiger partial charge in [-0.1, -0.05) is 24.4 Å². The second kappa shape index (κ2) is 7.08. The number of rotatable bonds is 4. The molecule has 1 aliphatic rings. The average Bonchev–Trinajstić information content (AvgIpc) is 2.36. The Kier molecular flexibility index (Phi) is 5.74. The molecular formula is C12H24N4O2. The molecule has 6 heteroatoms. The Balaban J connectivity index is 2.53. The zero-order valence-corrected chi connectivity index (χ0v) is 11.2. The van der Waals surface area contributed by atoms with Crippen molar-refractivity contribution < 1.29 is 10.0 Å². The lowest BCUT2D eigenvalue weighted by molar-refractivity contribution is 0.184. The molecule has 0 aromatic heterocycles. The van der Waals surface area contributed by atoms with Gasteiger partial charge in [-0.25, -0.2) is 4.79 Å². The van der Waals surface area contributed by atoms with Crippen LogP contribution in [0.15, 0.2) is 5.16 Å². The molecule has 18 heavy (non-hydrogen) atoms. The van der Waals surface area contributed by atoms with Gasteiger partial charge in [-0.3, -0.25) is 0 Å². The van der Waals surface area contributed by atoms with E-state index >= 15 is 0 Å². The number of oxime groups is 1. The van der Waals surface area contributed by atoms with Crippen LogP contribution in [-0.2, 0) is 0 Å². The van der Waals surface area contributed by atoms with Crippen molar-refractivity contribution >= 4 is 11.9 Å². The molecule has 0 spiro atoms. The first kappa shape index (κ1) is 14.6. The van der Waals surface area contributed by atoms with Gasteiger partial charge in [0.05, 0.1) is 6.54 Å². The van der Waals surface area contributed by atoms with Gasteiger partial charge < -0.3 is 21.2 Å². The van der Waals surface area contributed by atoms with Crippen molar-refractivity contribution in [1.29, 1.82) is 0 Å². The van der Waals surface area contributed by atoms with E-state index in [9.17, 15) is 4.79 Å². The van der Waals surface area contributed by atoms with Gasteiger partial charge in [0.15, 0.2) is 5.84 Å². The van der Waals surface area contributed by atoms with Crippen LogP contribution in [0.5, 0.6) is 0 Å². The Morgan fingerprint density at radius 1 is 1.44 bits per heavy atom. The molecule has 0 unspecified atom stereocenters. The summed E-state index contributed by atoms with van der Waals surface area (Å²) in [7, 11) is 0. The van der Waals surface area contributed by atoms with Crippen LogP contribution in [0.3, 0.4) is 0 Å². The van der Waals surface area contributed by atoms with Crippen LogP contribution in [0, 0.1) is 0 Å². The van der Waals surface area contributed by atoms with Gasteiger partial charge in [-0.2, -0.15) is 0 Å². The first-order valence-electron chi connectivity index (χ1n) is 6.58. The van der Waals surface area contributed by atoms with Gasteiger partial charge in [0.2, 0.25) is 0 Å². The monoisotopic (exact) mass is 256 g/mol. The molecule has 0 aromatic carbocycles. The average molecular weight is 256 g/mol. The second-order valence-electron chi connectivity index (χ2n) is 5.10. The van der Waals surface area contributed by atoms with Gasteiger partial charge in [0.1, 0.15) is 0 Å². The van der Waals surface area contributed by atoms with Gasteiger partial charge in [0, 0.05) is 12.1 Å². The molecule has 2 amide bonds. The number of amides is 2. The number of nitrogens with zero attached hydrogens (tertiary/aromatic N) is 2. The molecule has 4 N–H and O–H groups in total. The summed E-state index contributed by atoms with van der Waals surface area (Å²) in [5.41, 5.74) is 5.46. The minimum Gasteiger partial charge on any atom is -0.409 e. The summed E-state index contributed by atoms with van der Waals surface area (Å²) < 4.78 is 0. The SMILES string of the molecule is CC(C)N(CC(N)=NO)C(=O)NC1CCCCC1. The molecule has 6 nitrogen and oxygen atoms in total. The highest BCUT2D eigenvalue weighted by molar-refractivity contribution is 5.86. The van der Waals surface area contributed by atoms with Crippen molar-refractivity contribution in [2.24, 2.45) is 10.9 Å². The van der Waals surface area contributed by atoms with Crippen LogP contribution in [0.2, 0.25) is 0 Å². The first-order valence-corrected chi connectivity index (χ1v) is 6.58. The largest absolute Gasteiger partial charge is 0.409 e. The maximum Gasteiger partial charge on any atom is 0.318 e. The fourth-order valence-corrected chi connectivity index (χ4v) is 2.20. The molecule has 0 radical (unpaired) electrons. The van der Waals surface area contributed by atoms with Gasteiger partial charge >= 0.3 is 6.03 Å². The minimum absolute atomic E-state index is 0.00823. The third kappa shape index (κ3) is 4.43. The van der Waals surface area contributed by atoms with E-state index in [0.29, 0.717) is 0 Å². The Hall–Kier alpha value is -1.46. The van der Waals surface area contributed by atoms with Crippen LogP contribution in [-0.4, -0.2) is 40.6 Å². The smallest absolute Gasteiger partial charge is 0.318 e. The van der Waals surface area contributed by atoms with Crippen LogP contribution in [0.25, 0.3) is 0 Å². The summed E-state index contributed by atoms with van der Waals surface area (Å²) in [6.07, 6.45) is 5.69. The number of urea groups is 1. The molecule has 0 bridgehead atoms. The van der Waals surface area contributed by atoms with Crippen molar-refractivity contribution in [3.05, 3.63) is 0 Å². The van der Waals surface area contributed by atoms with Crippen LogP contribution >= 0.6 is 0 Å². The zero-order chi connectivity index (χ0) is 13.5. The van der Waals surface area contributed by atoms with E-state index in [1.165, 1.54) is 19.3 Å². The maximum absolute atomic E-state index is 12.1. The number of carbonyl (C=O) groups is 1. The third-order valence-electron chi connectivity index (χ3n) is 3.28. The van der Waals surface area contributed by atoms with Gasteiger partial charge in [0.25, 0.3) is 0 Å². The minimum atomic E-state index is -0.136. The van der Waals surface area contributed by atoms with E-state index in [0.717, 1.165) is 12.8 Å². The van der Waals surface area contributed by atoms with Crippen molar-refractivity contribution in [3.63, 3.8) is 0 Å². The lowest BCUT2D eigenvalue weighted by atomic mass is 9.96. The summed E-state index contributed by atoms with van der Waals surface area (Å²) in [6, 6.07) is 0.136. The molecular weight excluding hydrogens is 232 g/mol. The Bertz CT molecular complexity index is 298. The molecule has 0 aliphatic heterocycles. The van der Waals surface area contributed by atoms with Crippen molar-refractivity contribution in [3.8, 4) is 0 Å². The molecule has 0 saturated heterocycles. The van der Waals surface area contributed by atoms with E-state index in [4.69, 9.17) is 10.9 Å². The number of amidine groups is 1. The van der Waals surface area contributed by atoms with Crippen LogP contribution in [0.1, 0.15) is 46.0 Å². The lowest BCUT2D eigenvalue weighted by Gasteiger charge is -2.30. The standard InChI is InChI=1S/C12H24N4O2/c1-9(2)16(8-11(13)15-18)12(17)14-10-6-4-3-5-7-10/h9-10,18H,3-8H2,1-2H3,(H2,13,15)(H,14,17). The summed E-state index contributed by atoms with van der Waals surface area (Å²) in [6.45, 7) is 3.96. The first-order chi connectivity index (χ1) is 8.54. The topological polar surface area (TPSA) is 90.9 Å². The van der Waals surface area contributed by atoms with E-state index in [2.05, 4.69) is 10.5 Å². The number of nitrogens with one attached hydrogen (secondary N) is 1. The predicted octanol–water partition coefficient (Wildman–Crippen LogP) is 1.49. The normalized spacial score (nSPS) is 17.8. The molecule has 104 valence electrons. The van der Waals surface area contributed by atoms with Crippen molar-refractivity contribution in [2.75, 3.05) is 6.54 Å². The molecule has 1 saturated carbocycles. The highest BCUT2D eigenvalue weighted by Gasteiger charge is 2.22. The number of hydrogen-bond acceptors (Lipinski definition) is 3. The molecule has 0 aromatic rings. The van der Waals surface area contributed by atoms with Crippen molar-refractivity contribution in [2.45, 2.75) is 58.0 Å². The highest BCUT2D eigenvalue weighted by Crippen LogP contribution is 2.17. The molecule has 1 fully saturated rings. The van der Waals surface area contributed by atoms with E-state index < -0.39 is 0 Å². The summed E-state index contributed by atoms with van der Waals surface area (Å²) in [4.78, 5) is 13.7. The quantitative estimate of drug-likeness (QED) is 0.308. The summed E-state index contributed by atoms with van der Waals surface area (Å²) >= 11 is 0. The molecule has 0 atom stereocenters. The van der Waals surface area contributed by atoms with Crippen LogP contribution in [0.4, 0.5) is 4.79 Å². The van der Waals surface area contributed by atoms with E-state index in [1.807, 2.05) is 13.8 Å². The van der Waals surface area contributed by atoms with E-state index in [-0.39, 0.29) is 30.5 Å². The third-order valence-corrected chi connectivity index (χ3v) is 3.28. The highest BCUT2D eigenvalue weighted by atomic mass is 16.4. The fraction of sp³-hybridized carbons (Fsp3) is 0.833. The van der Waals surface area contributed by atoms with Gasteiger partial charge in [-0.15, -0.1) is 0 Å². The van der Waals surface area contributed by atoms with Gasteiger partial charge in [-0.05, 0) is 26.7 Å². The maximum atomic E-state index is 12.1. The zero-order valence-electron chi connectivity index (χ0n) is 11.2. The summed E-state index contributed by atoms with van der Waals surface area (Å²) in [5.74, 6) is 0.0440. The number of carbonyl (C=O) groups excluding carboxylic acids is 1.